The Morgan fingerprint density at radius 2 is 1.56 bits per heavy atom. The smallest absolute Gasteiger partial charge is 0.443 e. The van der Waals surface area contributed by atoms with Crippen molar-refractivity contribution in [3.63, 3.8) is 0 Å². The predicted octanol–water partition coefficient (Wildman–Crippen LogP) is 7.15. The average Bonchev–Trinajstić information content (AvgIpc) is 3.40. The molecule has 48 heavy (non-hydrogen) atoms. The lowest BCUT2D eigenvalue weighted by Gasteiger charge is -2.33. The summed E-state index contributed by atoms with van der Waals surface area (Å²) in [5, 5.41) is -1.95. The van der Waals surface area contributed by atoms with Crippen molar-refractivity contribution >= 4 is 30.2 Å². The van der Waals surface area contributed by atoms with Crippen molar-refractivity contribution < 1.29 is 50.4 Å². The van der Waals surface area contributed by atoms with E-state index in [9.17, 15) is 41.9 Å². The fourth-order valence-electron chi connectivity index (χ4n) is 4.97. The molecule has 0 amide bonds. The predicted molar refractivity (Wildman–Crippen MR) is 174 cm³/mol. The van der Waals surface area contributed by atoms with Crippen LogP contribution in [0.25, 0.3) is 10.4 Å². The lowest BCUT2D eigenvalue weighted by atomic mass is 10.0. The van der Waals surface area contributed by atoms with E-state index in [1.807, 2.05) is 0 Å². The number of aryl methyl sites for hydroxylation is 1. The van der Waals surface area contributed by atoms with Crippen LogP contribution in [0, 0.1) is 6.92 Å². The minimum absolute atomic E-state index is 0.132. The molecule has 1 fully saturated rings. The zero-order valence-corrected chi connectivity index (χ0v) is 29.8. The maximum Gasteiger partial charge on any atom is 0.444 e. The quantitative estimate of drug-likeness (QED) is 0.0240. The van der Waals surface area contributed by atoms with Crippen molar-refractivity contribution in [2.24, 2.45) is 5.11 Å². The third kappa shape index (κ3) is 12.9. The molecule has 2 heterocycles. The van der Waals surface area contributed by atoms with Gasteiger partial charge in [-0.25, -0.2) is 4.79 Å². The van der Waals surface area contributed by atoms with Gasteiger partial charge in [0.05, 0.1) is 32.8 Å². The third-order valence-corrected chi connectivity index (χ3v) is 13.4. The minimum atomic E-state index is -6.58. The second-order valence-electron chi connectivity index (χ2n) is 11.7. The van der Waals surface area contributed by atoms with E-state index in [1.54, 1.807) is 0 Å². The summed E-state index contributed by atoms with van der Waals surface area (Å²) < 4.78 is 86.6. The molecule has 1 aliphatic heterocycles. The van der Waals surface area contributed by atoms with Gasteiger partial charge in [0.15, 0.2) is 0 Å². The SMILES string of the molecule is [B-][P@](=O)(OC[C@H]1O[C@@H](n2cc(C)c(=O)[nH]c2=O)C[C@@H]1N=[N+]=[N-])OP(=O)(O)C(F)(F)P(=O)(O)OCCCCCCCCCCCCCCC. The van der Waals surface area contributed by atoms with Crippen LogP contribution in [0.4, 0.5) is 8.78 Å². The van der Waals surface area contributed by atoms with Crippen molar-refractivity contribution in [1.29, 1.82) is 0 Å². The van der Waals surface area contributed by atoms with Crippen LogP contribution in [0.2, 0.25) is 0 Å². The van der Waals surface area contributed by atoms with Crippen LogP contribution in [-0.2, 0) is 31.8 Å². The van der Waals surface area contributed by atoms with E-state index in [-0.39, 0.29) is 18.4 Å². The van der Waals surface area contributed by atoms with Gasteiger partial charge in [-0.05, 0) is 18.9 Å². The van der Waals surface area contributed by atoms with Crippen molar-refractivity contribution in [3.05, 3.63) is 43.0 Å². The lowest BCUT2D eigenvalue weighted by molar-refractivity contribution is -0.0232. The van der Waals surface area contributed by atoms with E-state index in [0.717, 1.165) is 36.7 Å². The summed E-state index contributed by atoms with van der Waals surface area (Å²) in [6.07, 6.45) is 11.5. The maximum absolute atomic E-state index is 14.8. The first-order valence-corrected chi connectivity index (χ1v) is 20.7. The van der Waals surface area contributed by atoms with Crippen LogP contribution in [0.1, 0.15) is 109 Å². The first-order valence-electron chi connectivity index (χ1n) is 15.9. The Morgan fingerprint density at radius 3 is 2.10 bits per heavy atom. The Morgan fingerprint density at radius 1 is 1.02 bits per heavy atom. The summed E-state index contributed by atoms with van der Waals surface area (Å²) in [5.41, 5.74) is 7.52. The summed E-state index contributed by atoms with van der Waals surface area (Å²) in [5.74, 6) is 0. The Bertz CT molecular complexity index is 1490. The van der Waals surface area contributed by atoms with Gasteiger partial charge < -0.3 is 35.7 Å². The summed E-state index contributed by atoms with van der Waals surface area (Å²) in [6, 6.07) is -1.10. The van der Waals surface area contributed by atoms with Crippen molar-refractivity contribution in [2.75, 3.05) is 13.2 Å². The molecule has 6 atom stereocenters. The maximum atomic E-state index is 14.8. The molecular weight excluding hydrogens is 700 g/mol. The fourth-order valence-corrected chi connectivity index (χ4v) is 9.46. The number of H-pyrrole nitrogens is 1. The molecule has 3 radical (unpaired) electrons. The molecular formula is C26H45BF2N5O11P3-. The highest BCUT2D eigenvalue weighted by atomic mass is 31.3. The summed E-state index contributed by atoms with van der Waals surface area (Å²) in [7, 11) is -12.8. The first-order chi connectivity index (χ1) is 22.5. The number of hydrogen-bond donors (Lipinski definition) is 3. The number of ether oxygens (including phenoxy) is 1. The molecule has 1 aromatic heterocycles. The number of aromatic nitrogens is 2. The second kappa shape index (κ2) is 19.7. The van der Waals surface area contributed by atoms with Gasteiger partial charge in [-0.15, -0.1) is 0 Å². The molecule has 2 unspecified atom stereocenters. The summed E-state index contributed by atoms with van der Waals surface area (Å²) in [6.45, 7) is 2.06. The number of azide groups is 1. The van der Waals surface area contributed by atoms with E-state index in [1.165, 1.54) is 51.6 Å². The van der Waals surface area contributed by atoms with Crippen LogP contribution in [0.3, 0.4) is 0 Å². The van der Waals surface area contributed by atoms with E-state index < -0.39 is 70.9 Å². The van der Waals surface area contributed by atoms with Gasteiger partial charge in [0.25, 0.3) is 5.56 Å². The van der Waals surface area contributed by atoms with Crippen molar-refractivity contribution in [1.82, 2.24) is 9.55 Å². The number of nitrogens with zero attached hydrogens (tertiary/aromatic N) is 4. The van der Waals surface area contributed by atoms with Gasteiger partial charge in [-0.1, -0.05) is 89.1 Å². The topological polar surface area (TPSA) is 232 Å². The Hall–Kier alpha value is -1.64. The zero-order chi connectivity index (χ0) is 36.0. The van der Waals surface area contributed by atoms with Gasteiger partial charge in [0.2, 0.25) is 0 Å². The molecule has 0 spiro atoms. The molecule has 1 saturated heterocycles. The van der Waals surface area contributed by atoms with Gasteiger partial charge in [-0.3, -0.25) is 27.8 Å². The molecule has 1 aliphatic rings. The first kappa shape index (κ1) is 42.5. The number of alkyl halides is 2. The minimum Gasteiger partial charge on any atom is -0.443 e. The van der Waals surface area contributed by atoms with E-state index >= 15 is 0 Å². The number of aromatic amines is 1. The summed E-state index contributed by atoms with van der Waals surface area (Å²) >= 11 is 0. The van der Waals surface area contributed by atoms with E-state index in [0.29, 0.717) is 6.42 Å². The molecule has 2 rings (SSSR count). The van der Waals surface area contributed by atoms with E-state index in [4.69, 9.17) is 22.4 Å². The second-order valence-corrected chi connectivity index (χ2v) is 17.5. The number of unbranched alkanes of at least 4 members (excludes halogenated alkanes) is 12. The van der Waals surface area contributed by atoms with Crippen LogP contribution < -0.4 is 11.2 Å². The molecule has 0 bridgehead atoms. The van der Waals surface area contributed by atoms with Gasteiger partial charge in [0, 0.05) is 23.1 Å². The number of nitrogens with one attached hydrogen (secondary N) is 1. The van der Waals surface area contributed by atoms with Gasteiger partial charge >= 0.3 is 26.3 Å². The average molecular weight is 745 g/mol. The standard InChI is InChI=1S/C26H45BF2N5O11P3/c1-3-4-5-6-7-8-9-10-11-12-13-14-15-16-42-46(37,38)26(28,29)47(39,40)45-48(27,41)43-19-22-21(32-33-30)17-23(44-22)34-18-20(2)24(35)31-25(34)36/h18,21-23H,3-17,19H2,1-2H3,(H,37,38)(H,39,40)(H,31,35,36)/q-1/t21-,22+,23+,48-/m0/s1. The lowest BCUT2D eigenvalue weighted by Crippen LogP contribution is -2.33. The monoisotopic (exact) mass is 745 g/mol. The molecule has 22 heteroatoms. The zero-order valence-electron chi connectivity index (χ0n) is 27.2. The molecule has 0 saturated carbocycles. The number of hydrogen-bond acceptors (Lipinski definition) is 10. The van der Waals surface area contributed by atoms with Crippen molar-refractivity contribution in [3.8, 4) is 0 Å². The van der Waals surface area contributed by atoms with Crippen LogP contribution in [0.15, 0.2) is 20.9 Å². The molecule has 16 nitrogen and oxygen atoms in total. The number of halogens is 2. The molecule has 0 aliphatic carbocycles. The highest BCUT2D eigenvalue weighted by Gasteiger charge is 2.67. The van der Waals surface area contributed by atoms with Gasteiger partial charge in [0.1, 0.15) is 6.23 Å². The highest BCUT2D eigenvalue weighted by molar-refractivity contribution is 7.86. The largest absolute Gasteiger partial charge is 0.444 e. The molecule has 0 aromatic carbocycles. The Labute approximate surface area is 278 Å². The summed E-state index contributed by atoms with van der Waals surface area (Å²) in [4.78, 5) is 48.3. The molecule has 1 aromatic rings. The molecule has 273 valence electrons. The molecule has 3 N–H and O–H groups in total. The van der Waals surface area contributed by atoms with Crippen molar-refractivity contribution in [2.45, 2.75) is 128 Å². The van der Waals surface area contributed by atoms with Gasteiger partial charge in [-0.2, -0.15) is 8.78 Å². The van der Waals surface area contributed by atoms with Crippen LogP contribution >= 0.6 is 22.7 Å². The Kier molecular flexibility index (Phi) is 17.4. The normalized spacial score (nSPS) is 22.0. The fraction of sp³-hybridized carbons (Fsp3) is 0.846. The van der Waals surface area contributed by atoms with E-state index in [2.05, 4.69) is 30.8 Å². The number of rotatable bonds is 24. The highest BCUT2D eigenvalue weighted by Crippen LogP contribution is 2.79. The van der Waals surface area contributed by atoms with Crippen LogP contribution in [-0.4, -0.2) is 57.7 Å². The van der Waals surface area contributed by atoms with Crippen LogP contribution in [0.5, 0.6) is 0 Å². The third-order valence-electron chi connectivity index (χ3n) is 7.70. The Balaban J connectivity index is 1.84.